The second kappa shape index (κ2) is 8.74. The van der Waals surface area contributed by atoms with E-state index in [-0.39, 0.29) is 11.8 Å². The summed E-state index contributed by atoms with van der Waals surface area (Å²) in [6.07, 6.45) is 5.68. The number of aromatic nitrogens is 4. The largest absolute Gasteiger partial charge is 0.338 e. The van der Waals surface area contributed by atoms with Gasteiger partial charge in [0.1, 0.15) is 10.9 Å². The van der Waals surface area contributed by atoms with Gasteiger partial charge in [-0.15, -0.1) is 10.2 Å². The number of piperidine rings is 1. The number of benzene rings is 1. The van der Waals surface area contributed by atoms with Crippen LogP contribution in [-0.4, -0.2) is 43.5 Å². The zero-order chi connectivity index (χ0) is 22.1. The van der Waals surface area contributed by atoms with E-state index in [4.69, 9.17) is 0 Å². The maximum atomic E-state index is 13.5. The lowest BCUT2D eigenvalue weighted by Gasteiger charge is -2.32. The van der Waals surface area contributed by atoms with Crippen molar-refractivity contribution in [2.75, 3.05) is 13.1 Å². The summed E-state index contributed by atoms with van der Waals surface area (Å²) in [5.41, 5.74) is 3.98. The van der Waals surface area contributed by atoms with Gasteiger partial charge in [-0.1, -0.05) is 23.9 Å². The molecule has 7 heteroatoms. The number of nitrogens with zero attached hydrogens (tertiary/aromatic N) is 5. The Bertz CT molecular complexity index is 1280. The summed E-state index contributed by atoms with van der Waals surface area (Å²) in [6, 6.07) is 16.0. The summed E-state index contributed by atoms with van der Waals surface area (Å²) in [5.74, 6) is 1.12. The Morgan fingerprint density at radius 2 is 1.97 bits per heavy atom. The topological polar surface area (TPSA) is 63.4 Å². The van der Waals surface area contributed by atoms with E-state index in [0.29, 0.717) is 12.1 Å². The summed E-state index contributed by atoms with van der Waals surface area (Å²) >= 11 is 1.54. The van der Waals surface area contributed by atoms with Crippen LogP contribution < -0.4 is 0 Å². The average molecular weight is 444 g/mol. The number of amides is 1. The van der Waals surface area contributed by atoms with E-state index in [9.17, 15) is 4.79 Å². The molecular formula is C25H25N5OS. The summed E-state index contributed by atoms with van der Waals surface area (Å²) in [7, 11) is 0. The van der Waals surface area contributed by atoms with Crippen LogP contribution >= 0.6 is 11.8 Å². The summed E-state index contributed by atoms with van der Waals surface area (Å²) in [5, 5.41) is 9.47. The van der Waals surface area contributed by atoms with Gasteiger partial charge in [-0.25, -0.2) is 4.98 Å². The number of hydrogen-bond acceptors (Lipinski definition) is 5. The number of hydrogen-bond donors (Lipinski definition) is 0. The van der Waals surface area contributed by atoms with Gasteiger partial charge < -0.3 is 4.90 Å². The predicted molar refractivity (Wildman–Crippen MR) is 125 cm³/mol. The molecule has 6 nitrogen and oxygen atoms in total. The summed E-state index contributed by atoms with van der Waals surface area (Å²) < 4.78 is 2.03. The fourth-order valence-electron chi connectivity index (χ4n) is 4.20. The zero-order valence-electron chi connectivity index (χ0n) is 18.2. The molecule has 4 aromatic rings. The van der Waals surface area contributed by atoms with E-state index < -0.39 is 0 Å². The predicted octanol–water partition coefficient (Wildman–Crippen LogP) is 4.91. The molecule has 1 aliphatic rings. The molecule has 162 valence electrons. The highest BCUT2D eigenvalue weighted by atomic mass is 32.2. The first-order valence-corrected chi connectivity index (χ1v) is 11.7. The van der Waals surface area contributed by atoms with Gasteiger partial charge in [-0.2, -0.15) is 0 Å². The van der Waals surface area contributed by atoms with Crippen molar-refractivity contribution in [1.82, 2.24) is 24.5 Å². The molecule has 0 bridgehead atoms. The van der Waals surface area contributed by atoms with E-state index in [1.807, 2.05) is 45.8 Å². The van der Waals surface area contributed by atoms with Crippen LogP contribution in [-0.2, 0) is 0 Å². The number of rotatable bonds is 4. The number of pyridine rings is 2. The van der Waals surface area contributed by atoms with E-state index >= 15 is 0 Å². The van der Waals surface area contributed by atoms with Gasteiger partial charge in [-0.3, -0.25) is 9.20 Å². The van der Waals surface area contributed by atoms with Crippen molar-refractivity contribution < 1.29 is 4.79 Å². The lowest BCUT2D eigenvalue weighted by atomic mass is 9.96. The van der Waals surface area contributed by atoms with E-state index in [2.05, 4.69) is 47.2 Å². The van der Waals surface area contributed by atoms with Crippen LogP contribution in [0, 0.1) is 13.8 Å². The third-order valence-corrected chi connectivity index (χ3v) is 7.12. The smallest absolute Gasteiger partial charge is 0.256 e. The van der Waals surface area contributed by atoms with Crippen molar-refractivity contribution in [3.05, 3.63) is 83.4 Å². The number of aryl methyl sites for hydroxylation is 2. The van der Waals surface area contributed by atoms with Crippen LogP contribution in [0.4, 0.5) is 0 Å². The molecule has 1 aliphatic heterocycles. The van der Waals surface area contributed by atoms with Crippen molar-refractivity contribution >= 4 is 23.3 Å². The summed E-state index contributed by atoms with van der Waals surface area (Å²) in [4.78, 5) is 21.1. The maximum Gasteiger partial charge on any atom is 0.256 e. The fraction of sp³-hybridized carbons (Fsp3) is 0.280. The molecule has 0 aliphatic carbocycles. The van der Waals surface area contributed by atoms with Crippen LogP contribution in [0.15, 0.2) is 70.8 Å². The van der Waals surface area contributed by atoms with Gasteiger partial charge in [0, 0.05) is 36.3 Å². The first-order valence-electron chi connectivity index (χ1n) is 10.9. The second-order valence-corrected chi connectivity index (χ2v) is 9.34. The Morgan fingerprint density at radius 1 is 1.06 bits per heavy atom. The minimum absolute atomic E-state index is 0.0305. The highest BCUT2D eigenvalue weighted by molar-refractivity contribution is 7.99. The molecule has 4 heterocycles. The number of fused-ring (bicyclic) bond motifs is 1. The van der Waals surface area contributed by atoms with Crippen molar-refractivity contribution in [3.8, 4) is 0 Å². The molecule has 1 fully saturated rings. The minimum Gasteiger partial charge on any atom is -0.338 e. The third-order valence-electron chi connectivity index (χ3n) is 6.11. The lowest BCUT2D eigenvalue weighted by molar-refractivity contribution is 0.0700. The van der Waals surface area contributed by atoms with Crippen molar-refractivity contribution in [2.45, 2.75) is 42.5 Å². The molecule has 5 rings (SSSR count). The number of likely N-dealkylation sites (tertiary alicyclic amines) is 1. The Labute approximate surface area is 191 Å². The van der Waals surface area contributed by atoms with Crippen molar-refractivity contribution in [1.29, 1.82) is 0 Å². The van der Waals surface area contributed by atoms with Gasteiger partial charge >= 0.3 is 0 Å². The molecule has 1 atom stereocenters. The van der Waals surface area contributed by atoms with Gasteiger partial charge in [0.05, 0.1) is 5.56 Å². The molecule has 0 unspecified atom stereocenters. The molecular weight excluding hydrogens is 418 g/mol. The zero-order valence-corrected chi connectivity index (χ0v) is 19.0. The molecule has 1 saturated heterocycles. The third kappa shape index (κ3) is 4.00. The van der Waals surface area contributed by atoms with Crippen LogP contribution in [0.3, 0.4) is 0 Å². The van der Waals surface area contributed by atoms with Crippen LogP contribution in [0.5, 0.6) is 0 Å². The molecule has 0 radical (unpaired) electrons. The molecule has 0 N–H and O–H groups in total. The molecule has 32 heavy (non-hydrogen) atoms. The Balaban J connectivity index is 1.39. The van der Waals surface area contributed by atoms with Gasteiger partial charge in [0.2, 0.25) is 0 Å². The lowest BCUT2D eigenvalue weighted by Crippen LogP contribution is -2.39. The fourth-order valence-corrected chi connectivity index (χ4v) is 5.18. The highest BCUT2D eigenvalue weighted by Gasteiger charge is 2.29. The Kier molecular flexibility index (Phi) is 5.66. The van der Waals surface area contributed by atoms with Crippen LogP contribution in [0.25, 0.3) is 5.65 Å². The quantitative estimate of drug-likeness (QED) is 0.448. The number of carbonyl (C=O) groups is 1. The van der Waals surface area contributed by atoms with Gasteiger partial charge in [0.15, 0.2) is 5.65 Å². The Hall–Kier alpha value is -3.19. The standard InChI is InChI=1S/C25H25N5OS/c1-17-10-11-20(15-18(17)2)32-24-21(8-5-12-26-24)25(31)29-13-6-7-19(16-29)23-28-27-22-9-3-4-14-30(22)23/h3-5,8-12,14-15,19H,6-7,13,16H2,1-2H3/t19-/m0/s1. The van der Waals surface area contributed by atoms with E-state index in [1.165, 1.54) is 11.1 Å². The molecule has 1 aromatic carbocycles. The number of carbonyl (C=O) groups excluding carboxylic acids is 1. The summed E-state index contributed by atoms with van der Waals surface area (Å²) in [6.45, 7) is 5.59. The molecule has 1 amide bonds. The second-order valence-electron chi connectivity index (χ2n) is 8.28. The monoisotopic (exact) mass is 443 g/mol. The maximum absolute atomic E-state index is 13.5. The average Bonchev–Trinajstić information content (AvgIpc) is 3.26. The SMILES string of the molecule is Cc1ccc(Sc2ncccc2C(=O)N2CCC[C@H](c3nnc4ccccn34)C2)cc1C. The first-order chi connectivity index (χ1) is 15.6. The Morgan fingerprint density at radius 3 is 2.84 bits per heavy atom. The molecule has 0 saturated carbocycles. The first kappa shape index (κ1) is 20.7. The molecule has 3 aromatic heterocycles. The van der Waals surface area contributed by atoms with Crippen molar-refractivity contribution in [3.63, 3.8) is 0 Å². The molecule has 0 spiro atoms. The van der Waals surface area contributed by atoms with Crippen LogP contribution in [0.2, 0.25) is 0 Å². The van der Waals surface area contributed by atoms with E-state index in [0.717, 1.165) is 40.8 Å². The van der Waals surface area contributed by atoms with Gasteiger partial charge in [-0.05, 0) is 74.2 Å². The van der Waals surface area contributed by atoms with Gasteiger partial charge in [0.25, 0.3) is 5.91 Å². The van der Waals surface area contributed by atoms with Crippen LogP contribution in [0.1, 0.15) is 46.1 Å². The van der Waals surface area contributed by atoms with E-state index in [1.54, 1.807) is 18.0 Å². The highest BCUT2D eigenvalue weighted by Crippen LogP contribution is 2.32. The normalized spacial score (nSPS) is 16.4. The minimum atomic E-state index is 0.0305. The van der Waals surface area contributed by atoms with Crippen molar-refractivity contribution in [2.24, 2.45) is 0 Å².